The van der Waals surface area contributed by atoms with Gasteiger partial charge in [0.2, 0.25) is 3.79 Å². The zero-order valence-electron chi connectivity index (χ0n) is 11.0. The van der Waals surface area contributed by atoms with Gasteiger partial charge in [0.15, 0.2) is 0 Å². The summed E-state index contributed by atoms with van der Waals surface area (Å²) in [4.78, 5) is 11.4. The number of ether oxygens (including phenoxy) is 2. The average Bonchev–Trinajstić information content (AvgIpc) is 2.42. The molecule has 0 unspecified atom stereocenters. The number of hydrogen-bond donors (Lipinski definition) is 0. The van der Waals surface area contributed by atoms with Gasteiger partial charge in [-0.05, 0) is 28.2 Å². The Morgan fingerprint density at radius 2 is 1.90 bits per heavy atom. The fourth-order valence-electron chi connectivity index (χ4n) is 1.33. The molecule has 0 amide bonds. The van der Waals surface area contributed by atoms with E-state index in [4.69, 9.17) is 44.3 Å². The van der Waals surface area contributed by atoms with Gasteiger partial charge in [-0.25, -0.2) is 4.79 Å². The fourth-order valence-corrected chi connectivity index (χ4v) is 1.97. The van der Waals surface area contributed by atoms with Crippen LogP contribution in [0.3, 0.4) is 0 Å². The van der Waals surface area contributed by atoms with Gasteiger partial charge < -0.3 is 9.47 Å². The minimum absolute atomic E-state index is 0.276. The number of carbonyl (C=O) groups is 1. The highest BCUT2D eigenvalue weighted by molar-refractivity contribution is 14.1. The third-order valence-corrected chi connectivity index (χ3v) is 3.43. The van der Waals surface area contributed by atoms with Crippen LogP contribution in [0.25, 0.3) is 0 Å². The Hall–Kier alpha value is -0.0100. The van der Waals surface area contributed by atoms with Crippen molar-refractivity contribution in [2.24, 2.45) is 0 Å². The molecule has 0 bridgehead atoms. The molecular formula is C14H14Cl3IO3. The molecule has 0 fully saturated rings. The van der Waals surface area contributed by atoms with Gasteiger partial charge in [-0.3, -0.25) is 0 Å². The molecule has 1 aromatic rings. The Morgan fingerprint density at radius 3 is 2.52 bits per heavy atom. The second kappa shape index (κ2) is 9.90. The van der Waals surface area contributed by atoms with Crippen LogP contribution >= 0.6 is 57.4 Å². The molecule has 0 saturated carbocycles. The first-order chi connectivity index (χ1) is 9.87. The molecule has 0 heterocycles. The van der Waals surface area contributed by atoms with Gasteiger partial charge in [0.1, 0.15) is 6.61 Å². The van der Waals surface area contributed by atoms with Crippen LogP contribution in [-0.4, -0.2) is 23.0 Å². The van der Waals surface area contributed by atoms with E-state index in [9.17, 15) is 4.79 Å². The third kappa shape index (κ3) is 10.4. The monoisotopic (exact) mass is 462 g/mol. The van der Waals surface area contributed by atoms with Gasteiger partial charge in [-0.2, -0.15) is 0 Å². The van der Waals surface area contributed by atoms with E-state index in [2.05, 4.69) is 22.6 Å². The smallest absolute Gasteiger partial charge is 0.331 e. The molecular weight excluding hydrogens is 449 g/mol. The Labute approximate surface area is 152 Å². The quantitative estimate of drug-likeness (QED) is 0.191. The van der Waals surface area contributed by atoms with Crippen molar-refractivity contribution in [2.45, 2.75) is 16.8 Å². The summed E-state index contributed by atoms with van der Waals surface area (Å²) in [5, 5.41) is 0. The van der Waals surface area contributed by atoms with Crippen molar-refractivity contribution in [3.8, 4) is 0 Å². The average molecular weight is 464 g/mol. The van der Waals surface area contributed by atoms with Crippen molar-refractivity contribution in [3.63, 3.8) is 0 Å². The van der Waals surface area contributed by atoms with Gasteiger partial charge in [0.25, 0.3) is 0 Å². The summed E-state index contributed by atoms with van der Waals surface area (Å²) in [6.45, 7) is 0.783. The van der Waals surface area contributed by atoms with Crippen LogP contribution in [0.5, 0.6) is 0 Å². The Balaban J connectivity index is 2.22. The number of halogens is 4. The molecule has 7 heteroatoms. The first kappa shape index (κ1) is 19.0. The molecule has 1 aromatic carbocycles. The highest BCUT2D eigenvalue weighted by Crippen LogP contribution is 2.26. The van der Waals surface area contributed by atoms with Crippen LogP contribution in [0.15, 0.2) is 40.0 Å². The lowest BCUT2D eigenvalue weighted by atomic mass is 10.2. The van der Waals surface area contributed by atoms with Gasteiger partial charge >= 0.3 is 5.97 Å². The minimum atomic E-state index is -1.59. The topological polar surface area (TPSA) is 35.5 Å². The molecule has 0 radical (unpaired) electrons. The van der Waals surface area contributed by atoms with E-state index >= 15 is 0 Å². The normalized spacial score (nSPS) is 12.3. The fraction of sp³-hybridized carbons (Fsp3) is 0.357. The molecule has 0 aliphatic carbocycles. The summed E-state index contributed by atoms with van der Waals surface area (Å²) in [5.74, 6) is -0.534. The number of alkyl halides is 3. The molecule has 0 aliphatic heterocycles. The van der Waals surface area contributed by atoms with Gasteiger partial charge in [0.05, 0.1) is 13.2 Å². The van der Waals surface area contributed by atoms with Crippen molar-refractivity contribution >= 4 is 63.4 Å². The molecule has 3 nitrogen and oxygen atoms in total. The number of carbonyl (C=O) groups excluding carboxylic acids is 1. The predicted molar refractivity (Wildman–Crippen MR) is 94.1 cm³/mol. The number of esters is 1. The standard InChI is InChI=1S/C14H14Cl3IO3/c15-14(16,17)10-21-13(19)8-12(18)6-7-20-9-11-4-2-1-3-5-11/h1-5,8H,6-7,9-10H2/b12-8-. The molecule has 0 aromatic heterocycles. The number of rotatable bonds is 7. The van der Waals surface area contributed by atoms with Crippen LogP contribution in [0.4, 0.5) is 0 Å². The largest absolute Gasteiger partial charge is 0.458 e. The van der Waals surface area contributed by atoms with Crippen molar-refractivity contribution in [2.75, 3.05) is 13.2 Å². The Morgan fingerprint density at radius 1 is 1.24 bits per heavy atom. The maximum atomic E-state index is 11.4. The molecule has 0 atom stereocenters. The summed E-state index contributed by atoms with van der Waals surface area (Å²) in [6, 6.07) is 9.87. The summed E-state index contributed by atoms with van der Waals surface area (Å²) < 4.78 is 9.55. The van der Waals surface area contributed by atoms with Gasteiger partial charge in [0, 0.05) is 16.1 Å². The van der Waals surface area contributed by atoms with E-state index in [0.29, 0.717) is 19.6 Å². The first-order valence-corrected chi connectivity index (χ1v) is 8.29. The molecule has 0 N–H and O–H groups in total. The second-order valence-electron chi connectivity index (χ2n) is 4.10. The zero-order chi connectivity index (χ0) is 15.7. The number of hydrogen-bond acceptors (Lipinski definition) is 3. The van der Waals surface area contributed by atoms with E-state index in [1.807, 2.05) is 30.3 Å². The summed E-state index contributed by atoms with van der Waals surface area (Å²) in [5.41, 5.74) is 1.11. The van der Waals surface area contributed by atoms with Crippen LogP contribution in [0.2, 0.25) is 0 Å². The summed E-state index contributed by atoms with van der Waals surface area (Å²) in [6.07, 6.45) is 1.99. The number of benzene rings is 1. The third-order valence-electron chi connectivity index (χ3n) is 2.25. The van der Waals surface area contributed by atoms with E-state index in [1.54, 1.807) is 0 Å². The van der Waals surface area contributed by atoms with E-state index in [0.717, 1.165) is 9.14 Å². The van der Waals surface area contributed by atoms with Crippen LogP contribution in [0, 0.1) is 0 Å². The molecule has 116 valence electrons. The van der Waals surface area contributed by atoms with Crippen molar-refractivity contribution in [1.29, 1.82) is 0 Å². The Bertz CT molecular complexity index is 472. The van der Waals surface area contributed by atoms with Crippen molar-refractivity contribution < 1.29 is 14.3 Å². The maximum absolute atomic E-state index is 11.4. The lowest BCUT2D eigenvalue weighted by Crippen LogP contribution is -2.16. The lowest BCUT2D eigenvalue weighted by molar-refractivity contribution is -0.137. The molecule has 21 heavy (non-hydrogen) atoms. The van der Waals surface area contributed by atoms with E-state index < -0.39 is 9.76 Å². The molecule has 0 spiro atoms. The molecule has 0 saturated heterocycles. The zero-order valence-corrected chi connectivity index (χ0v) is 15.5. The van der Waals surface area contributed by atoms with Crippen LogP contribution < -0.4 is 0 Å². The summed E-state index contributed by atoms with van der Waals surface area (Å²) in [7, 11) is 0. The maximum Gasteiger partial charge on any atom is 0.331 e. The van der Waals surface area contributed by atoms with Gasteiger partial charge in [-0.15, -0.1) is 0 Å². The first-order valence-electron chi connectivity index (χ1n) is 6.08. The predicted octanol–water partition coefficient (Wildman–Crippen LogP) is 4.83. The van der Waals surface area contributed by atoms with Gasteiger partial charge in [-0.1, -0.05) is 65.1 Å². The lowest BCUT2D eigenvalue weighted by Gasteiger charge is -2.10. The second-order valence-corrected chi connectivity index (χ2v) is 8.00. The van der Waals surface area contributed by atoms with E-state index in [1.165, 1.54) is 6.08 Å². The highest BCUT2D eigenvalue weighted by atomic mass is 127. The molecule has 1 rings (SSSR count). The summed E-state index contributed by atoms with van der Waals surface area (Å²) >= 11 is 18.5. The van der Waals surface area contributed by atoms with Crippen molar-refractivity contribution in [3.05, 3.63) is 45.6 Å². The van der Waals surface area contributed by atoms with E-state index in [-0.39, 0.29) is 6.61 Å². The Kier molecular flexibility index (Phi) is 8.97. The van der Waals surface area contributed by atoms with Crippen LogP contribution in [-0.2, 0) is 20.9 Å². The minimum Gasteiger partial charge on any atom is -0.458 e. The molecule has 0 aliphatic rings. The highest BCUT2D eigenvalue weighted by Gasteiger charge is 2.21. The SMILES string of the molecule is O=C(/C=C(\I)CCOCc1ccccc1)OCC(Cl)(Cl)Cl. The van der Waals surface area contributed by atoms with Crippen molar-refractivity contribution in [1.82, 2.24) is 0 Å². The van der Waals surface area contributed by atoms with Crippen LogP contribution in [0.1, 0.15) is 12.0 Å².